The van der Waals surface area contributed by atoms with Crippen molar-refractivity contribution in [3.8, 4) is 0 Å². The van der Waals surface area contributed by atoms with Crippen LogP contribution in [-0.4, -0.2) is 13.1 Å². The number of rotatable bonds is 2. The van der Waals surface area contributed by atoms with E-state index in [1.807, 2.05) is 0 Å². The van der Waals surface area contributed by atoms with Gasteiger partial charge in [0.2, 0.25) is 0 Å². The Hall–Kier alpha value is -0.960. The molecule has 1 aliphatic heterocycles. The molecule has 1 fully saturated rings. The minimum absolute atomic E-state index is 0.239. The molecule has 0 amide bonds. The zero-order valence-corrected chi connectivity index (χ0v) is 9.47. The summed E-state index contributed by atoms with van der Waals surface area (Å²) in [7, 11) is 0. The van der Waals surface area contributed by atoms with Gasteiger partial charge in [0.15, 0.2) is 0 Å². The zero-order valence-electron chi connectivity index (χ0n) is 9.47. The van der Waals surface area contributed by atoms with E-state index in [0.29, 0.717) is 18.3 Å². The van der Waals surface area contributed by atoms with Gasteiger partial charge in [-0.05, 0) is 49.9 Å². The first-order valence-electron chi connectivity index (χ1n) is 5.80. The summed E-state index contributed by atoms with van der Waals surface area (Å²) >= 11 is 0. The van der Waals surface area contributed by atoms with E-state index in [0.717, 1.165) is 19.5 Å². The first-order valence-corrected chi connectivity index (χ1v) is 5.80. The van der Waals surface area contributed by atoms with Gasteiger partial charge in [0, 0.05) is 5.56 Å². The molecule has 1 aromatic rings. The van der Waals surface area contributed by atoms with Gasteiger partial charge < -0.3 is 5.32 Å². The predicted molar refractivity (Wildman–Crippen MR) is 60.2 cm³/mol. The molecule has 16 heavy (non-hydrogen) atoms. The lowest BCUT2D eigenvalue weighted by Crippen LogP contribution is -2.36. The van der Waals surface area contributed by atoms with Crippen LogP contribution in [0.25, 0.3) is 0 Å². The van der Waals surface area contributed by atoms with Crippen molar-refractivity contribution in [1.29, 1.82) is 0 Å². The molecule has 0 saturated carbocycles. The highest BCUT2D eigenvalue weighted by Crippen LogP contribution is 2.23. The van der Waals surface area contributed by atoms with Crippen LogP contribution in [0.15, 0.2) is 18.2 Å². The zero-order chi connectivity index (χ0) is 11.5. The molecule has 0 aliphatic carbocycles. The minimum Gasteiger partial charge on any atom is -0.316 e. The first kappa shape index (κ1) is 11.5. The molecule has 2 atom stereocenters. The third kappa shape index (κ3) is 2.59. The summed E-state index contributed by atoms with van der Waals surface area (Å²) in [6, 6.07) is 4.08. The van der Waals surface area contributed by atoms with E-state index in [9.17, 15) is 8.78 Å². The second-order valence-corrected chi connectivity index (χ2v) is 4.77. The van der Waals surface area contributed by atoms with Crippen molar-refractivity contribution < 1.29 is 8.78 Å². The van der Waals surface area contributed by atoms with Crippen LogP contribution in [-0.2, 0) is 6.42 Å². The molecule has 1 aromatic carbocycles. The Morgan fingerprint density at radius 3 is 2.56 bits per heavy atom. The number of halogens is 2. The van der Waals surface area contributed by atoms with E-state index in [2.05, 4.69) is 12.2 Å². The van der Waals surface area contributed by atoms with E-state index < -0.39 is 11.6 Å². The van der Waals surface area contributed by atoms with Gasteiger partial charge in [0.1, 0.15) is 11.6 Å². The molecule has 0 radical (unpaired) electrons. The van der Waals surface area contributed by atoms with Crippen LogP contribution in [0, 0.1) is 23.5 Å². The molecule has 2 rings (SSSR count). The standard InChI is InChI=1S/C13H17F2N/c1-9-5-10(8-16-7-9)6-11-12(14)3-2-4-13(11)15/h2-4,9-10,16H,5-8H2,1H3. The molecule has 2 unspecified atom stereocenters. The van der Waals surface area contributed by atoms with E-state index in [1.54, 1.807) is 0 Å². The third-order valence-corrected chi connectivity index (χ3v) is 3.22. The quantitative estimate of drug-likeness (QED) is 0.816. The van der Waals surface area contributed by atoms with Crippen LogP contribution in [0.2, 0.25) is 0 Å². The Morgan fingerprint density at radius 2 is 1.94 bits per heavy atom. The van der Waals surface area contributed by atoms with E-state index >= 15 is 0 Å². The normalized spacial score (nSPS) is 25.7. The fourth-order valence-corrected chi connectivity index (χ4v) is 2.44. The SMILES string of the molecule is CC1CNCC(Cc2c(F)cccc2F)C1. The van der Waals surface area contributed by atoms with Crippen LogP contribution in [0.5, 0.6) is 0 Å². The Bertz CT molecular complexity index is 345. The van der Waals surface area contributed by atoms with Crippen molar-refractivity contribution in [1.82, 2.24) is 5.32 Å². The summed E-state index contributed by atoms with van der Waals surface area (Å²) in [5.41, 5.74) is 0.239. The summed E-state index contributed by atoms with van der Waals surface area (Å²) in [4.78, 5) is 0. The molecule has 0 bridgehead atoms. The summed E-state index contributed by atoms with van der Waals surface area (Å²) in [5.74, 6) is 0.0974. The number of benzene rings is 1. The average Bonchev–Trinajstić information content (AvgIpc) is 2.24. The maximum absolute atomic E-state index is 13.4. The molecular weight excluding hydrogens is 208 g/mol. The van der Waals surface area contributed by atoms with E-state index in [4.69, 9.17) is 0 Å². The number of nitrogens with one attached hydrogen (secondary N) is 1. The van der Waals surface area contributed by atoms with Crippen molar-refractivity contribution in [2.24, 2.45) is 11.8 Å². The maximum atomic E-state index is 13.4. The van der Waals surface area contributed by atoms with Gasteiger partial charge in [0.05, 0.1) is 0 Å². The van der Waals surface area contributed by atoms with Crippen LogP contribution >= 0.6 is 0 Å². The summed E-state index contributed by atoms with van der Waals surface area (Å²) < 4.78 is 26.9. The second-order valence-electron chi connectivity index (χ2n) is 4.77. The van der Waals surface area contributed by atoms with E-state index in [-0.39, 0.29) is 5.56 Å². The molecule has 3 heteroatoms. The van der Waals surface area contributed by atoms with Crippen LogP contribution in [0.3, 0.4) is 0 Å². The van der Waals surface area contributed by atoms with Crippen LogP contribution < -0.4 is 5.32 Å². The first-order chi connectivity index (χ1) is 7.66. The fraction of sp³-hybridized carbons (Fsp3) is 0.538. The van der Waals surface area contributed by atoms with Crippen molar-refractivity contribution in [2.75, 3.05) is 13.1 Å². The molecule has 1 aliphatic rings. The Morgan fingerprint density at radius 1 is 1.25 bits per heavy atom. The van der Waals surface area contributed by atoms with Crippen molar-refractivity contribution in [2.45, 2.75) is 19.8 Å². The molecule has 1 nitrogen and oxygen atoms in total. The van der Waals surface area contributed by atoms with Gasteiger partial charge >= 0.3 is 0 Å². The fourth-order valence-electron chi connectivity index (χ4n) is 2.44. The average molecular weight is 225 g/mol. The maximum Gasteiger partial charge on any atom is 0.129 e. The molecule has 0 spiro atoms. The minimum atomic E-state index is -0.418. The lowest BCUT2D eigenvalue weighted by Gasteiger charge is -2.27. The summed E-state index contributed by atoms with van der Waals surface area (Å²) in [6.45, 7) is 4.03. The van der Waals surface area contributed by atoms with Crippen molar-refractivity contribution in [3.05, 3.63) is 35.4 Å². The summed E-state index contributed by atoms with van der Waals surface area (Å²) in [6.07, 6.45) is 1.54. The highest BCUT2D eigenvalue weighted by Gasteiger charge is 2.21. The van der Waals surface area contributed by atoms with Crippen molar-refractivity contribution >= 4 is 0 Å². The second kappa shape index (κ2) is 4.91. The molecule has 1 saturated heterocycles. The highest BCUT2D eigenvalue weighted by molar-refractivity contribution is 5.20. The van der Waals surface area contributed by atoms with Crippen molar-refractivity contribution in [3.63, 3.8) is 0 Å². The largest absolute Gasteiger partial charge is 0.316 e. The van der Waals surface area contributed by atoms with Gasteiger partial charge in [-0.2, -0.15) is 0 Å². The third-order valence-electron chi connectivity index (χ3n) is 3.22. The van der Waals surface area contributed by atoms with Crippen LogP contribution in [0.4, 0.5) is 8.78 Å². The molecular formula is C13H17F2N. The summed E-state index contributed by atoms with van der Waals surface area (Å²) in [5, 5.41) is 3.30. The number of hydrogen-bond acceptors (Lipinski definition) is 1. The Kier molecular flexibility index (Phi) is 3.54. The lowest BCUT2D eigenvalue weighted by molar-refractivity contribution is 0.297. The molecule has 88 valence electrons. The topological polar surface area (TPSA) is 12.0 Å². The van der Waals surface area contributed by atoms with Crippen LogP contribution in [0.1, 0.15) is 18.9 Å². The Labute approximate surface area is 94.9 Å². The monoisotopic (exact) mass is 225 g/mol. The van der Waals surface area contributed by atoms with Gasteiger partial charge in [-0.15, -0.1) is 0 Å². The molecule has 1 heterocycles. The smallest absolute Gasteiger partial charge is 0.129 e. The number of hydrogen-bond donors (Lipinski definition) is 1. The van der Waals surface area contributed by atoms with Gasteiger partial charge in [-0.25, -0.2) is 8.78 Å². The molecule has 0 aromatic heterocycles. The predicted octanol–water partition coefficient (Wildman–Crippen LogP) is 2.75. The number of piperidine rings is 1. The highest BCUT2D eigenvalue weighted by atomic mass is 19.1. The lowest BCUT2D eigenvalue weighted by atomic mass is 9.87. The van der Waals surface area contributed by atoms with Gasteiger partial charge in [0.25, 0.3) is 0 Å². The van der Waals surface area contributed by atoms with E-state index in [1.165, 1.54) is 18.2 Å². The molecule has 1 N–H and O–H groups in total. The van der Waals surface area contributed by atoms with Gasteiger partial charge in [-0.1, -0.05) is 13.0 Å². The van der Waals surface area contributed by atoms with Gasteiger partial charge in [-0.3, -0.25) is 0 Å². The Balaban J connectivity index is 2.08.